The van der Waals surface area contributed by atoms with Gasteiger partial charge in [-0.25, -0.2) is 17.9 Å². The fourth-order valence-corrected chi connectivity index (χ4v) is 3.89. The topological polar surface area (TPSA) is 128 Å². The summed E-state index contributed by atoms with van der Waals surface area (Å²) in [4.78, 5) is 23.9. The van der Waals surface area contributed by atoms with Crippen LogP contribution in [0.25, 0.3) is 0 Å². The highest BCUT2D eigenvalue weighted by molar-refractivity contribution is 7.89. The molecule has 0 bridgehead atoms. The van der Waals surface area contributed by atoms with Gasteiger partial charge in [0.2, 0.25) is 15.9 Å². The molecule has 2 N–H and O–H groups in total. The molecule has 0 aliphatic heterocycles. The Morgan fingerprint density at radius 2 is 1.86 bits per heavy atom. The molecule has 0 spiro atoms. The molecule has 158 valence electrons. The summed E-state index contributed by atoms with van der Waals surface area (Å²) in [6, 6.07) is 6.29. The number of nitrogens with one attached hydrogen (secondary N) is 2. The van der Waals surface area contributed by atoms with E-state index in [-0.39, 0.29) is 35.2 Å². The normalized spacial score (nSPS) is 11.3. The largest absolute Gasteiger partial charge is 0.462 e. The zero-order valence-electron chi connectivity index (χ0n) is 16.6. The van der Waals surface area contributed by atoms with Crippen molar-refractivity contribution in [2.45, 2.75) is 44.9 Å². The van der Waals surface area contributed by atoms with E-state index < -0.39 is 16.0 Å². The smallest absolute Gasteiger partial charge is 0.338 e. The number of aromatic nitrogens is 1. The molecular weight excluding hydrogens is 398 g/mol. The molecule has 2 aromatic rings. The van der Waals surface area contributed by atoms with Crippen LogP contribution in [-0.4, -0.2) is 38.6 Å². The Labute approximate surface area is 169 Å². The standard InChI is InChI=1S/C19H25N3O6S/c1-4-5-12-27-19(24)15-6-8-16(9-7-15)21-17(23)10-11-20-29(25,26)18-13(2)22-28-14(18)3/h6-9,20H,4-5,10-12H2,1-3H3,(H,21,23). The lowest BCUT2D eigenvalue weighted by molar-refractivity contribution is -0.116. The Morgan fingerprint density at radius 1 is 1.17 bits per heavy atom. The lowest BCUT2D eigenvalue weighted by Gasteiger charge is -2.08. The first-order valence-corrected chi connectivity index (χ1v) is 10.7. The molecule has 0 radical (unpaired) electrons. The van der Waals surface area contributed by atoms with Crippen molar-refractivity contribution in [1.82, 2.24) is 9.88 Å². The second-order valence-electron chi connectivity index (χ2n) is 6.42. The van der Waals surface area contributed by atoms with Crippen LogP contribution in [0.1, 0.15) is 48.0 Å². The van der Waals surface area contributed by atoms with Gasteiger partial charge in [-0.3, -0.25) is 4.79 Å². The Balaban J connectivity index is 1.83. The number of hydrogen-bond acceptors (Lipinski definition) is 7. The lowest BCUT2D eigenvalue weighted by atomic mass is 10.2. The number of rotatable bonds is 10. The second kappa shape index (κ2) is 10.2. The molecule has 2 rings (SSSR count). The third-order valence-electron chi connectivity index (χ3n) is 4.02. The van der Waals surface area contributed by atoms with Crippen LogP contribution >= 0.6 is 0 Å². The van der Waals surface area contributed by atoms with E-state index in [4.69, 9.17) is 9.26 Å². The van der Waals surface area contributed by atoms with Crippen LogP contribution in [0.15, 0.2) is 33.7 Å². The second-order valence-corrected chi connectivity index (χ2v) is 8.12. The maximum atomic E-state index is 12.3. The summed E-state index contributed by atoms with van der Waals surface area (Å²) in [7, 11) is -3.81. The van der Waals surface area contributed by atoms with Crippen molar-refractivity contribution in [2.75, 3.05) is 18.5 Å². The van der Waals surface area contributed by atoms with E-state index in [1.165, 1.54) is 13.8 Å². The van der Waals surface area contributed by atoms with Gasteiger partial charge < -0.3 is 14.6 Å². The van der Waals surface area contributed by atoms with Crippen LogP contribution in [0.3, 0.4) is 0 Å². The van der Waals surface area contributed by atoms with E-state index in [2.05, 4.69) is 15.2 Å². The van der Waals surface area contributed by atoms with E-state index in [1.54, 1.807) is 24.3 Å². The number of carbonyl (C=O) groups is 2. The number of benzene rings is 1. The average molecular weight is 423 g/mol. The molecule has 1 aromatic heterocycles. The average Bonchev–Trinajstić information content (AvgIpc) is 3.01. The summed E-state index contributed by atoms with van der Waals surface area (Å²) < 4.78 is 36.9. The molecule has 1 aromatic carbocycles. The number of nitrogens with zero attached hydrogens (tertiary/aromatic N) is 1. The third-order valence-corrected chi connectivity index (χ3v) is 5.72. The number of aryl methyl sites for hydroxylation is 2. The Hall–Kier alpha value is -2.72. The van der Waals surface area contributed by atoms with Crippen LogP contribution in [0, 0.1) is 13.8 Å². The van der Waals surface area contributed by atoms with Gasteiger partial charge in [0.05, 0.1) is 12.2 Å². The number of amides is 1. The van der Waals surface area contributed by atoms with Crippen molar-refractivity contribution in [1.29, 1.82) is 0 Å². The number of sulfonamides is 1. The molecule has 0 saturated carbocycles. The van der Waals surface area contributed by atoms with Gasteiger partial charge >= 0.3 is 5.97 Å². The number of esters is 1. The van der Waals surface area contributed by atoms with Crippen LogP contribution in [0.2, 0.25) is 0 Å². The van der Waals surface area contributed by atoms with E-state index in [1.807, 2.05) is 6.92 Å². The fourth-order valence-electron chi connectivity index (χ4n) is 2.54. The monoisotopic (exact) mass is 423 g/mol. The first kappa shape index (κ1) is 22.6. The first-order chi connectivity index (χ1) is 13.7. The summed E-state index contributed by atoms with van der Waals surface area (Å²) in [6.07, 6.45) is 1.68. The molecule has 1 amide bonds. The number of ether oxygens (including phenoxy) is 1. The molecule has 0 aliphatic carbocycles. The zero-order valence-corrected chi connectivity index (χ0v) is 17.5. The van der Waals surface area contributed by atoms with Crippen molar-refractivity contribution in [3.63, 3.8) is 0 Å². The molecule has 10 heteroatoms. The molecule has 0 aliphatic rings. The van der Waals surface area contributed by atoms with Gasteiger partial charge in [0.15, 0.2) is 5.76 Å². The Morgan fingerprint density at radius 3 is 2.45 bits per heavy atom. The molecule has 0 fully saturated rings. The predicted octanol–water partition coefficient (Wildman–Crippen LogP) is 2.56. The maximum absolute atomic E-state index is 12.3. The highest BCUT2D eigenvalue weighted by Gasteiger charge is 2.23. The van der Waals surface area contributed by atoms with Gasteiger partial charge in [0, 0.05) is 18.7 Å². The van der Waals surface area contributed by atoms with Crippen molar-refractivity contribution < 1.29 is 27.3 Å². The fraction of sp³-hybridized carbons (Fsp3) is 0.421. The first-order valence-electron chi connectivity index (χ1n) is 9.24. The van der Waals surface area contributed by atoms with Gasteiger partial charge in [-0.05, 0) is 44.5 Å². The maximum Gasteiger partial charge on any atom is 0.338 e. The third kappa shape index (κ3) is 6.40. The molecule has 9 nitrogen and oxygen atoms in total. The van der Waals surface area contributed by atoms with E-state index >= 15 is 0 Å². The van der Waals surface area contributed by atoms with Crippen LogP contribution < -0.4 is 10.0 Å². The molecule has 0 atom stereocenters. The van der Waals surface area contributed by atoms with Gasteiger partial charge in [-0.2, -0.15) is 0 Å². The summed E-state index contributed by atoms with van der Waals surface area (Å²) in [5.74, 6) is -0.595. The summed E-state index contributed by atoms with van der Waals surface area (Å²) in [5, 5.41) is 6.26. The van der Waals surface area contributed by atoms with E-state index in [0.717, 1.165) is 12.8 Å². The van der Waals surface area contributed by atoms with Crippen LogP contribution in [0.5, 0.6) is 0 Å². The summed E-state index contributed by atoms with van der Waals surface area (Å²) in [6.45, 7) is 5.33. The van der Waals surface area contributed by atoms with E-state index in [0.29, 0.717) is 17.9 Å². The summed E-state index contributed by atoms with van der Waals surface area (Å²) in [5.41, 5.74) is 1.15. The predicted molar refractivity (Wildman–Crippen MR) is 106 cm³/mol. The number of unbranched alkanes of at least 4 members (excludes halogenated alkanes) is 1. The molecule has 0 saturated heterocycles. The minimum absolute atomic E-state index is 0.0145. The minimum atomic E-state index is -3.81. The number of anilines is 1. The molecule has 1 heterocycles. The van der Waals surface area contributed by atoms with Crippen LogP contribution in [0.4, 0.5) is 5.69 Å². The van der Waals surface area contributed by atoms with Gasteiger partial charge in [-0.15, -0.1) is 0 Å². The molecular formula is C19H25N3O6S. The molecule has 0 unspecified atom stereocenters. The van der Waals surface area contributed by atoms with Gasteiger partial charge in [0.25, 0.3) is 0 Å². The van der Waals surface area contributed by atoms with Crippen molar-refractivity contribution in [3.8, 4) is 0 Å². The molecule has 29 heavy (non-hydrogen) atoms. The number of hydrogen-bond donors (Lipinski definition) is 2. The number of carbonyl (C=O) groups excluding carboxylic acids is 2. The van der Waals surface area contributed by atoms with Crippen molar-refractivity contribution in [2.24, 2.45) is 0 Å². The highest BCUT2D eigenvalue weighted by Crippen LogP contribution is 2.18. The zero-order chi connectivity index (χ0) is 21.4. The Kier molecular flexibility index (Phi) is 7.91. The quantitative estimate of drug-likeness (QED) is 0.444. The van der Waals surface area contributed by atoms with Crippen molar-refractivity contribution in [3.05, 3.63) is 41.3 Å². The van der Waals surface area contributed by atoms with Gasteiger partial charge in [0.1, 0.15) is 10.6 Å². The van der Waals surface area contributed by atoms with E-state index in [9.17, 15) is 18.0 Å². The lowest BCUT2D eigenvalue weighted by Crippen LogP contribution is -2.28. The Bertz CT molecular complexity index is 931. The van der Waals surface area contributed by atoms with Crippen LogP contribution in [-0.2, 0) is 19.6 Å². The SMILES string of the molecule is CCCCOC(=O)c1ccc(NC(=O)CCNS(=O)(=O)c2c(C)noc2C)cc1. The van der Waals surface area contributed by atoms with Crippen molar-refractivity contribution >= 4 is 27.6 Å². The summed E-state index contributed by atoms with van der Waals surface area (Å²) >= 11 is 0. The minimum Gasteiger partial charge on any atom is -0.462 e. The van der Waals surface area contributed by atoms with Gasteiger partial charge in [-0.1, -0.05) is 18.5 Å². The highest BCUT2D eigenvalue weighted by atomic mass is 32.2.